The van der Waals surface area contributed by atoms with Crippen molar-refractivity contribution in [2.45, 2.75) is 140 Å². The Hall–Kier alpha value is -8.48. The number of Topliss-reactive ketones (excluding diaryl/α,β-unsaturated/α-hetero) is 1. The van der Waals surface area contributed by atoms with E-state index in [4.69, 9.17) is 17.2 Å². The van der Waals surface area contributed by atoms with Crippen LogP contribution in [0.2, 0.25) is 0 Å². The number of rotatable bonds is 17. The van der Waals surface area contributed by atoms with E-state index in [-0.39, 0.29) is 58.1 Å². The molecule has 6 saturated heterocycles. The number of nitrogens with two attached hydrogens (primary N) is 3. The van der Waals surface area contributed by atoms with E-state index in [1.165, 1.54) is 57.4 Å². The van der Waals surface area contributed by atoms with E-state index in [0.29, 0.717) is 100 Å². The first-order valence-electron chi connectivity index (χ1n) is 32.5. The molecule has 0 radical (unpaired) electrons. The first-order valence-corrected chi connectivity index (χ1v) is 32.5. The topological polar surface area (TPSA) is 328 Å². The van der Waals surface area contributed by atoms with Gasteiger partial charge in [-0.2, -0.15) is 0 Å². The monoisotopic (exact) mass is 1270 g/mol. The van der Waals surface area contributed by atoms with Crippen molar-refractivity contribution in [2.24, 2.45) is 23.1 Å². The number of halogens is 1. The third kappa shape index (κ3) is 15.7. The van der Waals surface area contributed by atoms with Gasteiger partial charge in [-0.1, -0.05) is 19.3 Å². The smallest absolute Gasteiger partial charge is 0.337 e. The minimum absolute atomic E-state index is 0.00475. The number of amides is 6. The molecule has 0 spiro atoms. The number of piperidine rings is 6. The van der Waals surface area contributed by atoms with Gasteiger partial charge < -0.3 is 58.1 Å². The molecule has 11 N–H and O–H groups in total. The predicted octanol–water partition coefficient (Wildman–Crippen LogP) is 7.29. The van der Waals surface area contributed by atoms with Crippen LogP contribution >= 0.6 is 0 Å². The maximum Gasteiger partial charge on any atom is 0.337 e. The van der Waals surface area contributed by atoms with Crippen LogP contribution in [-0.4, -0.2) is 173 Å². The summed E-state index contributed by atoms with van der Waals surface area (Å²) in [6.45, 7) is 12.0. The molecule has 92 heavy (non-hydrogen) atoms. The Morgan fingerprint density at radius 3 is 1.07 bits per heavy atom. The molecule has 24 heteroatoms. The number of nitrogens with one attached hydrogen (secondary N) is 3. The van der Waals surface area contributed by atoms with Crippen LogP contribution in [-0.2, 0) is 24.0 Å². The van der Waals surface area contributed by atoms with Gasteiger partial charge >= 0.3 is 11.9 Å². The van der Waals surface area contributed by atoms with Crippen LogP contribution in [0.25, 0.3) is 0 Å². The van der Waals surface area contributed by atoms with Gasteiger partial charge in [0.1, 0.15) is 22.4 Å². The molecule has 7 fully saturated rings. The number of anilines is 6. The zero-order valence-electron chi connectivity index (χ0n) is 53.0. The Bertz CT molecular complexity index is 3370. The van der Waals surface area contributed by atoms with E-state index >= 15 is 0 Å². The summed E-state index contributed by atoms with van der Waals surface area (Å²) in [4.78, 5) is 122. The molecule has 0 aromatic heterocycles. The fourth-order valence-electron chi connectivity index (χ4n) is 14.3. The number of aromatic carboxylic acids is 2. The van der Waals surface area contributed by atoms with Gasteiger partial charge in [-0.25, -0.2) is 14.0 Å². The third-order valence-electron chi connectivity index (χ3n) is 19.8. The lowest BCUT2D eigenvalue weighted by atomic mass is 9.83. The van der Waals surface area contributed by atoms with E-state index in [0.717, 1.165) is 108 Å². The third-order valence-corrected chi connectivity index (χ3v) is 19.8. The van der Waals surface area contributed by atoms with Gasteiger partial charge in [-0.3, -0.25) is 48.3 Å². The molecule has 0 bridgehead atoms. The summed E-state index contributed by atoms with van der Waals surface area (Å²) < 4.78 is 13.2. The highest BCUT2D eigenvalue weighted by molar-refractivity contribution is 6.09. The highest BCUT2D eigenvalue weighted by Gasteiger charge is 2.48. The van der Waals surface area contributed by atoms with Crippen LogP contribution in [0.15, 0.2) is 78.9 Å². The van der Waals surface area contributed by atoms with E-state index in [1.54, 1.807) is 42.5 Å². The lowest BCUT2D eigenvalue weighted by Crippen LogP contribution is -2.63. The molecule has 0 atom stereocenters. The van der Waals surface area contributed by atoms with E-state index in [9.17, 15) is 57.8 Å². The van der Waals surface area contributed by atoms with Crippen molar-refractivity contribution in [3.05, 3.63) is 107 Å². The van der Waals surface area contributed by atoms with Crippen LogP contribution in [0, 0.1) is 11.7 Å². The van der Waals surface area contributed by atoms with Crippen LogP contribution in [0.3, 0.4) is 0 Å². The van der Waals surface area contributed by atoms with Gasteiger partial charge in [0.05, 0.1) is 28.2 Å². The molecule has 6 amide bonds. The van der Waals surface area contributed by atoms with Crippen LogP contribution in [0.1, 0.15) is 164 Å². The van der Waals surface area contributed by atoms with Crippen molar-refractivity contribution in [3.8, 4) is 0 Å². The summed E-state index contributed by atoms with van der Waals surface area (Å²) in [5.41, 5.74) is 20.0. The summed E-state index contributed by atoms with van der Waals surface area (Å²) in [5, 5.41) is 27.2. The average Bonchev–Trinajstić information content (AvgIpc) is 1.30. The number of ketones is 1. The van der Waals surface area contributed by atoms with Gasteiger partial charge in [0.2, 0.25) is 29.5 Å². The molecule has 23 nitrogen and oxygen atoms in total. The highest BCUT2D eigenvalue weighted by atomic mass is 19.1. The van der Waals surface area contributed by atoms with Crippen molar-refractivity contribution in [1.82, 2.24) is 14.7 Å². The van der Waals surface area contributed by atoms with Gasteiger partial charge in [-0.05, 0) is 215 Å². The Kier molecular flexibility index (Phi) is 22.0. The number of benzene rings is 4. The molecule has 7 aliphatic rings. The van der Waals surface area contributed by atoms with E-state index < -0.39 is 40.3 Å². The molecule has 6 heterocycles. The van der Waals surface area contributed by atoms with Crippen molar-refractivity contribution < 1.29 is 57.8 Å². The molecule has 1 saturated carbocycles. The Morgan fingerprint density at radius 2 is 0.761 bits per heavy atom. The van der Waals surface area contributed by atoms with Crippen molar-refractivity contribution in [1.29, 1.82) is 0 Å². The average molecular weight is 1270 g/mol. The molecule has 4 aromatic carbocycles. The predicted molar refractivity (Wildman–Crippen MR) is 350 cm³/mol. The van der Waals surface area contributed by atoms with Crippen molar-refractivity contribution in [2.75, 3.05) is 109 Å². The number of carboxylic acid groups (broad SMARTS) is 2. The Balaban J connectivity index is 0.000000164. The first-order chi connectivity index (χ1) is 44.0. The van der Waals surface area contributed by atoms with E-state index in [1.807, 2.05) is 12.1 Å². The summed E-state index contributed by atoms with van der Waals surface area (Å²) in [6, 6.07) is 20.7. The summed E-state index contributed by atoms with van der Waals surface area (Å²) in [5.74, 6) is -4.38. The van der Waals surface area contributed by atoms with Gasteiger partial charge in [-0.15, -0.1) is 0 Å². The maximum absolute atomic E-state index is 13.2. The van der Waals surface area contributed by atoms with E-state index in [2.05, 4.69) is 45.3 Å². The molecule has 11 rings (SSSR count). The lowest BCUT2D eigenvalue weighted by molar-refractivity contribution is -0.133. The molecule has 4 aromatic rings. The quantitative estimate of drug-likeness (QED) is 0.0481. The number of hydrogen-bond acceptors (Lipinski definition) is 15. The second-order valence-electron chi connectivity index (χ2n) is 25.6. The number of carbonyl (C=O) groups is 9. The minimum Gasteiger partial charge on any atom is -0.478 e. The molecular weight excluding hydrogens is 1180 g/mol. The summed E-state index contributed by atoms with van der Waals surface area (Å²) in [7, 11) is 0. The molecule has 494 valence electrons. The standard InChI is InChI=1S/C26H31FN4O3.C22H30N4O4.C20H28N4O4/c1-18(32)22-17-21(9-10-23(22)29-24(33)19-5-7-20(27)8-6-19)30-15-11-26(12-16-30,25(28)34)31-13-3-2-4-14-31;23-21(30)22(26-10-2-1-3-11-26)8-12-25(13-9-22)16-6-7-18(17(14-16)20(28)29)24-19(27)15-4-5-15;1-14(25)22-17-6-5-15(13-16(17)18(26)27)23-11-7-20(8-12-23,19(21)28)24-9-3-2-4-10-24/h5-10,17H,2-4,11-16H2,1H3,(H2,28,34)(H,29,33);6-7,14-15H,1-5,8-13H2,(H2,23,30)(H,24,27)(H,28,29);5-6,13H,2-4,7-12H2,1H3,(H2,21,28)(H,22,25)(H,26,27). The SMILES string of the molecule is CC(=O)Nc1ccc(N2CCC(C(N)=O)(N3CCCCC3)CC2)cc1C(=O)O.CC(=O)c1cc(N2CCC(C(N)=O)(N3CCCCC3)CC2)ccc1NC(=O)c1ccc(F)cc1.NC(=O)C1(N2CCCCC2)CCN(c2ccc(NC(=O)C3CC3)c(C(=O)O)c2)CC1. The normalized spacial score (nSPS) is 19.9. The number of carbonyl (C=O) groups excluding carboxylic acids is 7. The van der Waals surface area contributed by atoms with Gasteiger partial charge in [0, 0.05) is 80.3 Å². The second kappa shape index (κ2) is 29.9. The zero-order chi connectivity index (χ0) is 65.9. The summed E-state index contributed by atoms with van der Waals surface area (Å²) >= 11 is 0. The first kappa shape index (κ1) is 67.9. The fraction of sp³-hybridized carbons (Fsp3) is 0.515. The summed E-state index contributed by atoms with van der Waals surface area (Å²) in [6.07, 6.45) is 15.6. The van der Waals surface area contributed by atoms with Crippen molar-refractivity contribution >= 4 is 87.3 Å². The zero-order valence-corrected chi connectivity index (χ0v) is 53.0. The highest BCUT2D eigenvalue weighted by Crippen LogP contribution is 2.39. The van der Waals surface area contributed by atoms with Crippen LogP contribution in [0.5, 0.6) is 0 Å². The van der Waals surface area contributed by atoms with Crippen LogP contribution < -0.4 is 47.9 Å². The Morgan fingerprint density at radius 1 is 0.435 bits per heavy atom. The molecule has 1 aliphatic carbocycles. The maximum atomic E-state index is 13.2. The van der Waals surface area contributed by atoms with Gasteiger partial charge in [0.15, 0.2) is 5.78 Å². The number of carboxylic acids is 2. The number of hydrogen-bond donors (Lipinski definition) is 8. The fourth-order valence-corrected chi connectivity index (χ4v) is 14.3. The largest absolute Gasteiger partial charge is 0.478 e. The molecule has 6 aliphatic heterocycles. The lowest BCUT2D eigenvalue weighted by Gasteiger charge is -2.48. The minimum atomic E-state index is -1.09. The Labute approximate surface area is 536 Å². The van der Waals surface area contributed by atoms with Crippen molar-refractivity contribution in [3.63, 3.8) is 0 Å². The molecule has 0 unspecified atom stereocenters. The number of likely N-dealkylation sites (tertiary alicyclic amines) is 3. The second-order valence-corrected chi connectivity index (χ2v) is 25.6. The molecular formula is C68H89FN12O11. The van der Waals surface area contributed by atoms with Crippen LogP contribution in [0.4, 0.5) is 38.5 Å². The number of primary amides is 3. The number of nitrogens with zero attached hydrogens (tertiary/aromatic N) is 6. The van der Waals surface area contributed by atoms with Gasteiger partial charge in [0.25, 0.3) is 5.91 Å².